The van der Waals surface area contributed by atoms with Gasteiger partial charge in [0.15, 0.2) is 0 Å². The summed E-state index contributed by atoms with van der Waals surface area (Å²) in [6.45, 7) is 4.31. The van der Waals surface area contributed by atoms with Gasteiger partial charge in [0.05, 0.1) is 16.1 Å². The molecule has 0 atom stereocenters. The zero-order chi connectivity index (χ0) is 16.2. The first kappa shape index (κ1) is 17.0. The van der Waals surface area contributed by atoms with Crippen molar-refractivity contribution >= 4 is 40.8 Å². The second-order valence-electron chi connectivity index (χ2n) is 5.29. The molecule has 0 spiro atoms. The predicted octanol–water partition coefficient (Wildman–Crippen LogP) is 2.74. The summed E-state index contributed by atoms with van der Waals surface area (Å²) in [5, 5.41) is 14.4. The molecule has 0 aliphatic carbocycles. The van der Waals surface area contributed by atoms with Gasteiger partial charge in [-0.2, -0.15) is 0 Å². The first-order chi connectivity index (χ1) is 9.61. The van der Waals surface area contributed by atoms with Crippen LogP contribution in [0.4, 0.5) is 11.4 Å². The molecular weight excluding hydrogens is 296 g/mol. The molecule has 3 N–H and O–H groups in total. The van der Waals surface area contributed by atoms with Gasteiger partial charge in [-0.05, 0) is 32.0 Å². The van der Waals surface area contributed by atoms with Gasteiger partial charge in [0.2, 0.25) is 11.8 Å². The maximum atomic E-state index is 11.8. The van der Waals surface area contributed by atoms with Crippen molar-refractivity contribution in [3.05, 3.63) is 23.2 Å². The number of carboxylic acids is 1. The normalized spacial score (nSPS) is 10.9. The van der Waals surface area contributed by atoms with Crippen LogP contribution >= 0.6 is 11.6 Å². The zero-order valence-electron chi connectivity index (χ0n) is 12.0. The molecule has 1 aromatic carbocycles. The Bertz CT molecular complexity index is 584. The quantitative estimate of drug-likeness (QED) is 0.779. The van der Waals surface area contributed by atoms with Crippen LogP contribution in [-0.2, 0) is 14.4 Å². The third-order valence-corrected chi connectivity index (χ3v) is 3.06. The van der Waals surface area contributed by atoms with Crippen molar-refractivity contribution in [2.75, 3.05) is 10.6 Å². The van der Waals surface area contributed by atoms with Crippen LogP contribution in [0.25, 0.3) is 0 Å². The Kier molecular flexibility index (Phi) is 5.32. The lowest BCUT2D eigenvalue weighted by atomic mass is 9.89. The van der Waals surface area contributed by atoms with Gasteiger partial charge in [-0.1, -0.05) is 11.6 Å². The van der Waals surface area contributed by atoms with Gasteiger partial charge >= 0.3 is 5.97 Å². The van der Waals surface area contributed by atoms with E-state index in [2.05, 4.69) is 10.6 Å². The van der Waals surface area contributed by atoms with Crippen LogP contribution in [0.1, 0.15) is 27.2 Å². The Morgan fingerprint density at radius 2 is 1.86 bits per heavy atom. The lowest BCUT2D eigenvalue weighted by molar-refractivity contribution is -0.148. The van der Waals surface area contributed by atoms with E-state index in [1.807, 2.05) is 0 Å². The molecule has 0 aromatic heterocycles. The Morgan fingerprint density at radius 1 is 1.24 bits per heavy atom. The smallest absolute Gasteiger partial charge is 0.309 e. The molecule has 0 radical (unpaired) electrons. The standard InChI is InChI=1S/C14H17ClN2O4/c1-8(18)16-11-5-4-9(6-10(11)15)17-12(19)7-14(2,3)13(20)21/h4-6H,7H2,1-3H3,(H,16,18)(H,17,19)(H,20,21). The topological polar surface area (TPSA) is 95.5 Å². The lowest BCUT2D eigenvalue weighted by Gasteiger charge is -2.18. The third-order valence-electron chi connectivity index (χ3n) is 2.74. The van der Waals surface area contributed by atoms with Crippen molar-refractivity contribution in [3.63, 3.8) is 0 Å². The van der Waals surface area contributed by atoms with Crippen LogP contribution in [0, 0.1) is 5.41 Å². The SMILES string of the molecule is CC(=O)Nc1ccc(NC(=O)CC(C)(C)C(=O)O)cc1Cl. The molecule has 1 aromatic rings. The van der Waals surface area contributed by atoms with E-state index < -0.39 is 17.3 Å². The van der Waals surface area contributed by atoms with Crippen LogP contribution in [-0.4, -0.2) is 22.9 Å². The number of hydrogen-bond acceptors (Lipinski definition) is 3. The molecule has 21 heavy (non-hydrogen) atoms. The van der Waals surface area contributed by atoms with Crippen LogP contribution in [0.2, 0.25) is 5.02 Å². The predicted molar refractivity (Wildman–Crippen MR) is 80.4 cm³/mol. The fraction of sp³-hybridized carbons (Fsp3) is 0.357. The molecule has 114 valence electrons. The Morgan fingerprint density at radius 3 is 2.33 bits per heavy atom. The van der Waals surface area contributed by atoms with E-state index in [-0.39, 0.29) is 17.4 Å². The minimum atomic E-state index is -1.15. The number of amides is 2. The highest BCUT2D eigenvalue weighted by Crippen LogP contribution is 2.26. The molecule has 0 saturated carbocycles. The maximum absolute atomic E-state index is 11.8. The van der Waals surface area contributed by atoms with Gasteiger partial charge < -0.3 is 15.7 Å². The number of carbonyl (C=O) groups excluding carboxylic acids is 2. The van der Waals surface area contributed by atoms with Gasteiger partial charge in [-0.15, -0.1) is 0 Å². The van der Waals surface area contributed by atoms with Crippen molar-refractivity contribution in [1.29, 1.82) is 0 Å². The fourth-order valence-electron chi connectivity index (χ4n) is 1.57. The Labute approximate surface area is 127 Å². The number of halogens is 1. The lowest BCUT2D eigenvalue weighted by Crippen LogP contribution is -2.29. The molecule has 0 bridgehead atoms. The van der Waals surface area contributed by atoms with E-state index in [0.29, 0.717) is 11.4 Å². The van der Waals surface area contributed by atoms with Crippen LogP contribution in [0.5, 0.6) is 0 Å². The van der Waals surface area contributed by atoms with Gasteiger partial charge in [-0.3, -0.25) is 14.4 Å². The van der Waals surface area contributed by atoms with E-state index in [1.54, 1.807) is 12.1 Å². The summed E-state index contributed by atoms with van der Waals surface area (Å²) in [6.07, 6.45) is -0.159. The molecular formula is C14H17ClN2O4. The van der Waals surface area contributed by atoms with Gasteiger partial charge in [0.1, 0.15) is 0 Å². The van der Waals surface area contributed by atoms with E-state index in [4.69, 9.17) is 16.7 Å². The van der Waals surface area contributed by atoms with E-state index in [1.165, 1.54) is 26.8 Å². The van der Waals surface area contributed by atoms with E-state index in [0.717, 1.165) is 0 Å². The van der Waals surface area contributed by atoms with Crippen molar-refractivity contribution in [1.82, 2.24) is 0 Å². The second-order valence-corrected chi connectivity index (χ2v) is 5.70. The maximum Gasteiger partial charge on any atom is 0.309 e. The molecule has 0 aliphatic rings. The summed E-state index contributed by atoms with van der Waals surface area (Å²) in [6, 6.07) is 4.61. The zero-order valence-corrected chi connectivity index (χ0v) is 12.7. The highest BCUT2D eigenvalue weighted by atomic mass is 35.5. The average molecular weight is 313 g/mol. The molecule has 0 aliphatic heterocycles. The summed E-state index contributed by atoms with van der Waals surface area (Å²) in [7, 11) is 0. The number of nitrogens with one attached hydrogen (secondary N) is 2. The Balaban J connectivity index is 2.76. The van der Waals surface area contributed by atoms with Crippen molar-refractivity contribution in [3.8, 4) is 0 Å². The number of rotatable bonds is 5. The second kappa shape index (κ2) is 6.58. The summed E-state index contributed by atoms with van der Waals surface area (Å²) in [4.78, 5) is 33.7. The highest BCUT2D eigenvalue weighted by molar-refractivity contribution is 6.34. The highest BCUT2D eigenvalue weighted by Gasteiger charge is 2.30. The summed E-state index contributed by atoms with van der Waals surface area (Å²) in [5.41, 5.74) is -0.280. The van der Waals surface area contributed by atoms with Gasteiger partial charge in [0.25, 0.3) is 0 Å². The average Bonchev–Trinajstić information content (AvgIpc) is 2.31. The monoisotopic (exact) mass is 312 g/mol. The molecule has 0 fully saturated rings. The van der Waals surface area contributed by atoms with Gasteiger partial charge in [-0.25, -0.2) is 0 Å². The molecule has 0 saturated heterocycles. The van der Waals surface area contributed by atoms with Crippen LogP contribution in [0.3, 0.4) is 0 Å². The van der Waals surface area contributed by atoms with Crippen molar-refractivity contribution in [2.45, 2.75) is 27.2 Å². The van der Waals surface area contributed by atoms with Crippen LogP contribution < -0.4 is 10.6 Å². The molecule has 6 nitrogen and oxygen atoms in total. The largest absolute Gasteiger partial charge is 0.481 e. The van der Waals surface area contributed by atoms with E-state index in [9.17, 15) is 14.4 Å². The molecule has 0 unspecified atom stereocenters. The number of benzene rings is 1. The van der Waals surface area contributed by atoms with Crippen molar-refractivity contribution < 1.29 is 19.5 Å². The molecule has 0 heterocycles. The number of aliphatic carboxylic acids is 1. The van der Waals surface area contributed by atoms with Crippen molar-refractivity contribution in [2.24, 2.45) is 5.41 Å². The molecule has 1 rings (SSSR count). The number of hydrogen-bond donors (Lipinski definition) is 3. The minimum absolute atomic E-state index is 0.159. The summed E-state index contributed by atoms with van der Waals surface area (Å²) in [5.74, 6) is -1.72. The summed E-state index contributed by atoms with van der Waals surface area (Å²) < 4.78 is 0. The number of carbonyl (C=O) groups is 3. The number of anilines is 2. The number of carboxylic acid groups (broad SMARTS) is 1. The summed E-state index contributed by atoms with van der Waals surface area (Å²) >= 11 is 5.98. The third kappa shape index (κ3) is 5.07. The first-order valence-electron chi connectivity index (χ1n) is 6.22. The fourth-order valence-corrected chi connectivity index (χ4v) is 1.79. The van der Waals surface area contributed by atoms with Crippen LogP contribution in [0.15, 0.2) is 18.2 Å². The first-order valence-corrected chi connectivity index (χ1v) is 6.60. The minimum Gasteiger partial charge on any atom is -0.481 e. The molecule has 2 amide bonds. The Hall–Kier alpha value is -2.08. The molecule has 7 heteroatoms. The van der Waals surface area contributed by atoms with Gasteiger partial charge in [0, 0.05) is 19.0 Å². The van der Waals surface area contributed by atoms with E-state index >= 15 is 0 Å².